The van der Waals surface area contributed by atoms with Gasteiger partial charge in [-0.1, -0.05) is 77.8 Å². The first-order chi connectivity index (χ1) is 9.34. The van der Waals surface area contributed by atoms with Gasteiger partial charge in [-0.05, 0) is 29.7 Å². The van der Waals surface area contributed by atoms with E-state index in [1.807, 2.05) is 24.3 Å². The van der Waals surface area contributed by atoms with Crippen LogP contribution in [-0.4, -0.2) is 0 Å². The molecule has 1 atom stereocenters. The Hall–Kier alpha value is -0.860. The fraction of sp³-hybridized carbons (Fsp3) is 0.294. The zero-order chi connectivity index (χ0) is 14.9. The van der Waals surface area contributed by atoms with E-state index in [2.05, 4.69) is 41.9 Å². The van der Waals surface area contributed by atoms with Crippen molar-refractivity contribution in [3.8, 4) is 0 Å². The molecule has 2 rings (SSSR count). The summed E-state index contributed by atoms with van der Waals surface area (Å²) >= 11 is 9.97. The Morgan fingerprint density at radius 3 is 2.35 bits per heavy atom. The zero-order valence-electron chi connectivity index (χ0n) is 11.8. The van der Waals surface area contributed by atoms with Crippen molar-refractivity contribution < 1.29 is 4.39 Å². The molecule has 0 amide bonds. The molecule has 0 aliphatic heterocycles. The van der Waals surface area contributed by atoms with Crippen molar-refractivity contribution in [1.82, 2.24) is 0 Å². The lowest BCUT2D eigenvalue weighted by Crippen LogP contribution is -2.23. The molecule has 20 heavy (non-hydrogen) atoms. The van der Waals surface area contributed by atoms with Crippen LogP contribution >= 0.6 is 27.5 Å². The van der Waals surface area contributed by atoms with E-state index in [-0.39, 0.29) is 16.1 Å². The standard InChI is InChI=1S/C17H17BrClF/c1-11-9-13(14(19)10-15(11)20)16(18)17(2,3)12-7-5-4-6-8-12/h4-10,16H,1-3H3. The molecule has 0 nitrogen and oxygen atoms in total. The smallest absolute Gasteiger partial charge is 0.127 e. The van der Waals surface area contributed by atoms with Crippen LogP contribution in [0.25, 0.3) is 0 Å². The molecule has 0 aliphatic carbocycles. The maximum Gasteiger partial charge on any atom is 0.127 e. The molecule has 0 N–H and O–H groups in total. The van der Waals surface area contributed by atoms with Crippen LogP contribution in [0.4, 0.5) is 4.39 Å². The number of benzene rings is 2. The van der Waals surface area contributed by atoms with Gasteiger partial charge in [0, 0.05) is 10.4 Å². The molecule has 0 aromatic heterocycles. The molecule has 0 spiro atoms. The van der Waals surface area contributed by atoms with E-state index in [1.54, 1.807) is 6.92 Å². The number of alkyl halides is 1. The number of hydrogen-bond acceptors (Lipinski definition) is 0. The van der Waals surface area contributed by atoms with Gasteiger partial charge in [-0.2, -0.15) is 0 Å². The zero-order valence-corrected chi connectivity index (χ0v) is 14.1. The second-order valence-corrected chi connectivity index (χ2v) is 6.90. The van der Waals surface area contributed by atoms with Crippen molar-refractivity contribution in [3.63, 3.8) is 0 Å². The van der Waals surface area contributed by atoms with Crippen molar-refractivity contribution in [2.45, 2.75) is 31.0 Å². The molecule has 0 heterocycles. The van der Waals surface area contributed by atoms with Crippen LogP contribution in [-0.2, 0) is 5.41 Å². The van der Waals surface area contributed by atoms with Crippen LogP contribution in [0.15, 0.2) is 42.5 Å². The molecular weight excluding hydrogens is 339 g/mol. The highest BCUT2D eigenvalue weighted by Crippen LogP contribution is 2.45. The number of halogens is 3. The van der Waals surface area contributed by atoms with Gasteiger partial charge >= 0.3 is 0 Å². The number of aryl methyl sites for hydroxylation is 1. The molecular formula is C17H17BrClF. The minimum atomic E-state index is -0.268. The van der Waals surface area contributed by atoms with Gasteiger partial charge in [0.1, 0.15) is 5.82 Å². The maximum absolute atomic E-state index is 13.5. The third-order valence-electron chi connectivity index (χ3n) is 3.70. The van der Waals surface area contributed by atoms with Gasteiger partial charge in [0.05, 0.1) is 4.83 Å². The highest BCUT2D eigenvalue weighted by Gasteiger charge is 2.32. The molecule has 2 aromatic carbocycles. The summed E-state index contributed by atoms with van der Waals surface area (Å²) in [6, 6.07) is 13.4. The quantitative estimate of drug-likeness (QED) is 0.575. The lowest BCUT2D eigenvalue weighted by atomic mass is 9.79. The predicted octanol–water partition coefficient (Wildman–Crippen LogP) is 6.20. The molecule has 0 bridgehead atoms. The summed E-state index contributed by atoms with van der Waals surface area (Å²) in [6.07, 6.45) is 0. The first kappa shape index (κ1) is 15.5. The summed E-state index contributed by atoms with van der Waals surface area (Å²) in [5.74, 6) is -0.268. The third kappa shape index (κ3) is 2.91. The van der Waals surface area contributed by atoms with Gasteiger partial charge in [-0.3, -0.25) is 0 Å². The number of rotatable bonds is 3. The topological polar surface area (TPSA) is 0 Å². The van der Waals surface area contributed by atoms with E-state index in [9.17, 15) is 4.39 Å². The second kappa shape index (κ2) is 5.87. The SMILES string of the molecule is Cc1cc(C(Br)C(C)(C)c2ccccc2)c(Cl)cc1F. The van der Waals surface area contributed by atoms with Gasteiger partial charge in [0.2, 0.25) is 0 Å². The molecule has 0 aliphatic rings. The Bertz CT molecular complexity index is 608. The lowest BCUT2D eigenvalue weighted by Gasteiger charge is -2.32. The fourth-order valence-corrected chi connectivity index (χ4v) is 3.31. The summed E-state index contributed by atoms with van der Waals surface area (Å²) in [5.41, 5.74) is 2.58. The third-order valence-corrected chi connectivity index (χ3v) is 5.67. The summed E-state index contributed by atoms with van der Waals surface area (Å²) in [4.78, 5) is 0.00389. The molecule has 0 fully saturated rings. The molecule has 2 aromatic rings. The van der Waals surface area contributed by atoms with Gasteiger partial charge in [-0.25, -0.2) is 4.39 Å². The summed E-state index contributed by atoms with van der Waals surface area (Å²) < 4.78 is 13.5. The second-order valence-electron chi connectivity index (χ2n) is 5.57. The van der Waals surface area contributed by atoms with E-state index in [0.717, 1.165) is 5.56 Å². The minimum absolute atomic E-state index is 0.00389. The summed E-state index contributed by atoms with van der Waals surface area (Å²) in [7, 11) is 0. The average molecular weight is 356 g/mol. The van der Waals surface area contributed by atoms with E-state index in [1.165, 1.54) is 11.6 Å². The van der Waals surface area contributed by atoms with Crippen LogP contribution < -0.4 is 0 Å². The highest BCUT2D eigenvalue weighted by atomic mass is 79.9. The Balaban J connectivity index is 2.45. The molecule has 0 radical (unpaired) electrons. The van der Waals surface area contributed by atoms with Gasteiger partial charge in [0.25, 0.3) is 0 Å². The Kier molecular flexibility index (Phi) is 4.55. The van der Waals surface area contributed by atoms with Gasteiger partial charge in [0.15, 0.2) is 0 Å². The Labute approximate surface area is 133 Å². The lowest BCUT2D eigenvalue weighted by molar-refractivity contribution is 0.516. The highest BCUT2D eigenvalue weighted by molar-refractivity contribution is 9.09. The average Bonchev–Trinajstić information content (AvgIpc) is 2.43. The van der Waals surface area contributed by atoms with E-state index >= 15 is 0 Å². The fourth-order valence-electron chi connectivity index (χ4n) is 2.28. The van der Waals surface area contributed by atoms with E-state index in [4.69, 9.17) is 11.6 Å². The molecule has 0 saturated heterocycles. The Morgan fingerprint density at radius 1 is 1.15 bits per heavy atom. The first-order valence-corrected chi connectivity index (χ1v) is 7.78. The predicted molar refractivity (Wildman–Crippen MR) is 87.3 cm³/mol. The molecule has 1 unspecified atom stereocenters. The van der Waals surface area contributed by atoms with Crippen LogP contribution in [0.5, 0.6) is 0 Å². The van der Waals surface area contributed by atoms with Crippen LogP contribution in [0.1, 0.15) is 35.4 Å². The van der Waals surface area contributed by atoms with Crippen molar-refractivity contribution in [2.75, 3.05) is 0 Å². The van der Waals surface area contributed by atoms with E-state index < -0.39 is 0 Å². The van der Waals surface area contributed by atoms with Crippen molar-refractivity contribution >= 4 is 27.5 Å². The molecule has 0 saturated carbocycles. The monoisotopic (exact) mass is 354 g/mol. The van der Waals surface area contributed by atoms with Crippen molar-refractivity contribution in [1.29, 1.82) is 0 Å². The Morgan fingerprint density at radius 2 is 1.75 bits per heavy atom. The minimum Gasteiger partial charge on any atom is -0.207 e. The van der Waals surface area contributed by atoms with Crippen LogP contribution in [0.3, 0.4) is 0 Å². The van der Waals surface area contributed by atoms with Gasteiger partial charge < -0.3 is 0 Å². The van der Waals surface area contributed by atoms with Gasteiger partial charge in [-0.15, -0.1) is 0 Å². The van der Waals surface area contributed by atoms with E-state index in [0.29, 0.717) is 10.6 Å². The molecule has 3 heteroatoms. The van der Waals surface area contributed by atoms with Crippen molar-refractivity contribution in [3.05, 3.63) is 70.0 Å². The normalized spacial score (nSPS) is 13.3. The first-order valence-electron chi connectivity index (χ1n) is 6.49. The summed E-state index contributed by atoms with van der Waals surface area (Å²) in [5, 5.41) is 0.457. The molecule has 106 valence electrons. The number of hydrogen-bond donors (Lipinski definition) is 0. The van der Waals surface area contributed by atoms with Crippen molar-refractivity contribution in [2.24, 2.45) is 0 Å². The van der Waals surface area contributed by atoms with Crippen LogP contribution in [0, 0.1) is 12.7 Å². The maximum atomic E-state index is 13.5. The van der Waals surface area contributed by atoms with Crippen LogP contribution in [0.2, 0.25) is 5.02 Å². The summed E-state index contributed by atoms with van der Waals surface area (Å²) in [6.45, 7) is 6.05. The largest absolute Gasteiger partial charge is 0.207 e.